The van der Waals surface area contributed by atoms with Gasteiger partial charge in [0.05, 0.1) is 0 Å². The van der Waals surface area contributed by atoms with E-state index in [0.717, 1.165) is 24.4 Å². The zero-order chi connectivity index (χ0) is 11.7. The molecule has 2 unspecified atom stereocenters. The van der Waals surface area contributed by atoms with Crippen molar-refractivity contribution in [2.75, 3.05) is 6.54 Å². The van der Waals surface area contributed by atoms with Gasteiger partial charge in [-0.25, -0.2) is 0 Å². The first-order valence-electron chi connectivity index (χ1n) is 6.23. The average Bonchev–Trinajstić information content (AvgIpc) is 2.82. The van der Waals surface area contributed by atoms with Crippen LogP contribution >= 0.6 is 0 Å². The van der Waals surface area contributed by atoms with Gasteiger partial charge in [-0.15, -0.1) is 6.42 Å². The van der Waals surface area contributed by atoms with Gasteiger partial charge in [0, 0.05) is 24.0 Å². The van der Waals surface area contributed by atoms with Gasteiger partial charge in [-0.1, -0.05) is 12.0 Å². The Kier molecular flexibility index (Phi) is 2.70. The van der Waals surface area contributed by atoms with Crippen molar-refractivity contribution in [1.82, 2.24) is 10.3 Å². The number of fused-ring (bicyclic) bond motifs is 1. The summed E-state index contributed by atoms with van der Waals surface area (Å²) in [6.45, 7) is 1.15. The maximum Gasteiger partial charge on any atom is 0.0432 e. The fraction of sp³-hybridized carbons (Fsp3) is 0.400. The lowest BCUT2D eigenvalue weighted by Crippen LogP contribution is -2.37. The van der Waals surface area contributed by atoms with Crippen molar-refractivity contribution < 1.29 is 0 Å². The molecule has 2 atom stereocenters. The van der Waals surface area contributed by atoms with Gasteiger partial charge in [0.1, 0.15) is 0 Å². The second-order valence-corrected chi connectivity index (χ2v) is 4.88. The van der Waals surface area contributed by atoms with Crippen LogP contribution in [-0.2, 0) is 0 Å². The summed E-state index contributed by atoms with van der Waals surface area (Å²) >= 11 is 0. The number of aromatic nitrogens is 1. The van der Waals surface area contributed by atoms with Crippen LogP contribution in [0.1, 0.15) is 30.4 Å². The molecule has 0 amide bonds. The summed E-state index contributed by atoms with van der Waals surface area (Å²) < 4.78 is 0. The first-order chi connectivity index (χ1) is 8.36. The molecule has 0 bridgehead atoms. The summed E-state index contributed by atoms with van der Waals surface area (Å²) in [6, 6.07) is 2.63. The lowest BCUT2D eigenvalue weighted by atomic mass is 9.92. The van der Waals surface area contributed by atoms with Crippen molar-refractivity contribution in [1.29, 1.82) is 0 Å². The summed E-state index contributed by atoms with van der Waals surface area (Å²) in [5.74, 6) is 3.42. The quantitative estimate of drug-likeness (QED) is 0.740. The van der Waals surface area contributed by atoms with E-state index in [2.05, 4.69) is 28.4 Å². The molecule has 1 aromatic rings. The van der Waals surface area contributed by atoms with E-state index in [0.29, 0.717) is 6.04 Å². The van der Waals surface area contributed by atoms with Crippen LogP contribution in [0.2, 0.25) is 0 Å². The molecule has 1 N–H and O–H groups in total. The number of terminal acetylenes is 1. The van der Waals surface area contributed by atoms with E-state index in [1.165, 1.54) is 24.0 Å². The maximum absolute atomic E-state index is 5.41. The molecular weight excluding hydrogens is 208 g/mol. The number of piperidine rings is 1. The Bertz CT molecular complexity index is 496. The van der Waals surface area contributed by atoms with Crippen molar-refractivity contribution >= 4 is 5.57 Å². The zero-order valence-corrected chi connectivity index (χ0v) is 9.82. The molecular formula is C15H16N2. The molecule has 86 valence electrons. The molecule has 0 saturated carbocycles. The van der Waals surface area contributed by atoms with Gasteiger partial charge in [0.15, 0.2) is 0 Å². The second kappa shape index (κ2) is 4.35. The number of allylic oxidation sites excluding steroid dienone is 1. The molecule has 1 aliphatic carbocycles. The highest BCUT2D eigenvalue weighted by Crippen LogP contribution is 2.36. The molecule has 1 saturated heterocycles. The first kappa shape index (κ1) is 10.6. The van der Waals surface area contributed by atoms with Crippen molar-refractivity contribution in [3.8, 4) is 12.3 Å². The third-order valence-corrected chi connectivity index (χ3v) is 3.78. The fourth-order valence-electron chi connectivity index (χ4n) is 2.88. The Labute approximate surface area is 102 Å². The smallest absolute Gasteiger partial charge is 0.0432 e. The van der Waals surface area contributed by atoms with Crippen LogP contribution < -0.4 is 5.32 Å². The minimum absolute atomic E-state index is 0.563. The number of hydrogen-bond acceptors (Lipinski definition) is 2. The van der Waals surface area contributed by atoms with Crippen LogP contribution in [-0.4, -0.2) is 17.6 Å². The highest BCUT2D eigenvalue weighted by atomic mass is 14.9. The lowest BCUT2D eigenvalue weighted by Gasteiger charge is -2.25. The molecule has 1 aliphatic heterocycles. The highest BCUT2D eigenvalue weighted by Gasteiger charge is 2.29. The van der Waals surface area contributed by atoms with Gasteiger partial charge in [0.25, 0.3) is 0 Å². The SMILES string of the molecule is C#Cc1cncc(C2=CC3NCCCC3C2)c1. The summed E-state index contributed by atoms with van der Waals surface area (Å²) in [4.78, 5) is 4.21. The van der Waals surface area contributed by atoms with E-state index in [1.54, 1.807) is 6.20 Å². The minimum Gasteiger partial charge on any atom is -0.310 e. The van der Waals surface area contributed by atoms with E-state index in [1.807, 2.05) is 6.20 Å². The van der Waals surface area contributed by atoms with Gasteiger partial charge in [0.2, 0.25) is 0 Å². The normalized spacial score (nSPS) is 27.1. The standard InChI is InChI=1S/C15H16N2/c1-2-11-6-14(10-16-9-11)13-7-12-4-3-5-17-15(12)8-13/h1,6,8-10,12,15,17H,3-5,7H2. The number of nitrogens with zero attached hydrogens (tertiary/aromatic N) is 1. The van der Waals surface area contributed by atoms with E-state index >= 15 is 0 Å². The molecule has 2 aliphatic rings. The zero-order valence-electron chi connectivity index (χ0n) is 9.82. The fourth-order valence-corrected chi connectivity index (χ4v) is 2.88. The molecule has 17 heavy (non-hydrogen) atoms. The molecule has 3 rings (SSSR count). The molecule has 2 heterocycles. The van der Waals surface area contributed by atoms with Crippen molar-refractivity contribution in [2.24, 2.45) is 5.92 Å². The highest BCUT2D eigenvalue weighted by molar-refractivity contribution is 5.69. The molecule has 2 nitrogen and oxygen atoms in total. The van der Waals surface area contributed by atoms with Gasteiger partial charge >= 0.3 is 0 Å². The van der Waals surface area contributed by atoms with Crippen LogP contribution in [0.15, 0.2) is 24.5 Å². The predicted octanol–water partition coefficient (Wildman–Crippen LogP) is 2.22. The monoisotopic (exact) mass is 224 g/mol. The number of hydrogen-bond donors (Lipinski definition) is 1. The third-order valence-electron chi connectivity index (χ3n) is 3.78. The van der Waals surface area contributed by atoms with Crippen LogP contribution in [0, 0.1) is 18.3 Å². The van der Waals surface area contributed by atoms with Crippen molar-refractivity contribution in [3.05, 3.63) is 35.7 Å². The third kappa shape index (κ3) is 1.99. The Hall–Kier alpha value is -1.59. The van der Waals surface area contributed by atoms with E-state index in [-0.39, 0.29) is 0 Å². The number of pyridine rings is 1. The summed E-state index contributed by atoms with van der Waals surface area (Å²) in [5.41, 5.74) is 3.46. The van der Waals surface area contributed by atoms with Crippen LogP contribution in [0.4, 0.5) is 0 Å². The van der Waals surface area contributed by atoms with E-state index in [4.69, 9.17) is 6.42 Å². The molecule has 2 heteroatoms. The van der Waals surface area contributed by atoms with Gasteiger partial charge < -0.3 is 5.32 Å². The maximum atomic E-state index is 5.41. The lowest BCUT2D eigenvalue weighted by molar-refractivity contribution is 0.341. The number of rotatable bonds is 1. The molecule has 1 fully saturated rings. The summed E-state index contributed by atoms with van der Waals surface area (Å²) in [6.07, 6.45) is 15.2. The van der Waals surface area contributed by atoms with Gasteiger partial charge in [-0.05, 0) is 48.9 Å². The van der Waals surface area contributed by atoms with Crippen molar-refractivity contribution in [3.63, 3.8) is 0 Å². The first-order valence-corrected chi connectivity index (χ1v) is 6.23. The number of nitrogens with one attached hydrogen (secondary N) is 1. The van der Waals surface area contributed by atoms with Crippen LogP contribution in [0.25, 0.3) is 5.57 Å². The Balaban J connectivity index is 1.87. The van der Waals surface area contributed by atoms with Crippen molar-refractivity contribution in [2.45, 2.75) is 25.3 Å². The van der Waals surface area contributed by atoms with Crippen LogP contribution in [0.3, 0.4) is 0 Å². The van der Waals surface area contributed by atoms with E-state index in [9.17, 15) is 0 Å². The minimum atomic E-state index is 0.563. The average molecular weight is 224 g/mol. The summed E-state index contributed by atoms with van der Waals surface area (Å²) in [7, 11) is 0. The van der Waals surface area contributed by atoms with Gasteiger partial charge in [-0.3, -0.25) is 4.98 Å². The Morgan fingerprint density at radius 1 is 1.41 bits per heavy atom. The second-order valence-electron chi connectivity index (χ2n) is 4.88. The molecule has 0 aromatic carbocycles. The molecule has 0 radical (unpaired) electrons. The Morgan fingerprint density at radius 2 is 2.35 bits per heavy atom. The summed E-state index contributed by atoms with van der Waals surface area (Å²) in [5, 5.41) is 3.57. The van der Waals surface area contributed by atoms with Crippen LogP contribution in [0.5, 0.6) is 0 Å². The predicted molar refractivity (Wildman–Crippen MR) is 69.3 cm³/mol. The van der Waals surface area contributed by atoms with E-state index < -0.39 is 0 Å². The molecule has 0 spiro atoms. The van der Waals surface area contributed by atoms with Gasteiger partial charge in [-0.2, -0.15) is 0 Å². The molecule has 1 aromatic heterocycles. The topological polar surface area (TPSA) is 24.9 Å². The largest absolute Gasteiger partial charge is 0.310 e. The Morgan fingerprint density at radius 3 is 3.18 bits per heavy atom.